The topological polar surface area (TPSA) is 52.7 Å². The number of anilines is 1. The van der Waals surface area contributed by atoms with Crippen molar-refractivity contribution in [2.45, 2.75) is 12.8 Å². The van der Waals surface area contributed by atoms with Gasteiger partial charge in [0.15, 0.2) is 0 Å². The lowest BCUT2D eigenvalue weighted by atomic mass is 10.1. The van der Waals surface area contributed by atoms with Crippen LogP contribution >= 0.6 is 11.6 Å². The molecule has 1 heterocycles. The molecular formula is C13H16ClN3O2. The molecule has 0 spiro atoms. The van der Waals surface area contributed by atoms with Crippen LogP contribution in [0.4, 0.5) is 5.69 Å². The van der Waals surface area contributed by atoms with Crippen molar-refractivity contribution in [3.8, 4) is 0 Å². The summed E-state index contributed by atoms with van der Waals surface area (Å²) in [6.07, 6.45) is 1.32. The smallest absolute Gasteiger partial charge is 0.267 e. The Bertz CT molecular complexity index is 517. The number of nitrogens with one attached hydrogen (secondary N) is 1. The maximum absolute atomic E-state index is 12.1. The normalized spacial score (nSPS) is 15.2. The monoisotopic (exact) mass is 281 g/mol. The molecule has 0 aliphatic carbocycles. The Labute approximate surface area is 117 Å². The molecule has 1 fully saturated rings. The largest absolute Gasteiger partial charge is 0.312 e. The van der Waals surface area contributed by atoms with E-state index >= 15 is 0 Å². The molecule has 0 bridgehead atoms. The van der Waals surface area contributed by atoms with Gasteiger partial charge in [0, 0.05) is 32.1 Å². The van der Waals surface area contributed by atoms with E-state index in [0.717, 1.165) is 6.42 Å². The Morgan fingerprint density at radius 1 is 1.42 bits per heavy atom. The maximum Gasteiger partial charge on any atom is 0.267 e. The minimum atomic E-state index is -0.253. The van der Waals surface area contributed by atoms with Gasteiger partial charge in [-0.3, -0.25) is 15.0 Å². The fourth-order valence-electron chi connectivity index (χ4n) is 2.09. The van der Waals surface area contributed by atoms with Crippen molar-refractivity contribution in [1.82, 2.24) is 10.4 Å². The fourth-order valence-corrected chi connectivity index (χ4v) is 2.25. The summed E-state index contributed by atoms with van der Waals surface area (Å²) in [7, 11) is 3.46. The van der Waals surface area contributed by atoms with Crippen molar-refractivity contribution in [2.75, 3.05) is 25.5 Å². The lowest BCUT2D eigenvalue weighted by Crippen LogP contribution is -2.37. The van der Waals surface area contributed by atoms with Crippen molar-refractivity contribution < 1.29 is 9.59 Å². The highest BCUT2D eigenvalue weighted by atomic mass is 35.5. The van der Waals surface area contributed by atoms with Crippen LogP contribution in [-0.4, -0.2) is 37.5 Å². The Hall–Kier alpha value is -1.59. The highest BCUT2D eigenvalue weighted by molar-refractivity contribution is 6.31. The molecule has 0 saturated carbocycles. The third-order valence-electron chi connectivity index (χ3n) is 2.89. The molecule has 1 aliphatic heterocycles. The standard InChI is InChI=1S/C13H16ClN3O2/c1-16(2)15-13(19)10-6-5-9(14)8-11(10)17-7-3-4-12(17)18/h5-6,8H,3-4,7H2,1-2H3,(H,15,19). The number of carbonyl (C=O) groups excluding carboxylic acids is 2. The lowest BCUT2D eigenvalue weighted by molar-refractivity contribution is -0.117. The number of halogens is 1. The first-order valence-corrected chi connectivity index (χ1v) is 6.45. The molecule has 6 heteroatoms. The van der Waals surface area contributed by atoms with Crippen LogP contribution in [0.2, 0.25) is 5.02 Å². The predicted molar refractivity (Wildman–Crippen MR) is 74.2 cm³/mol. The van der Waals surface area contributed by atoms with Gasteiger partial charge in [-0.15, -0.1) is 0 Å². The first kappa shape index (κ1) is 13.8. The van der Waals surface area contributed by atoms with E-state index in [-0.39, 0.29) is 11.8 Å². The van der Waals surface area contributed by atoms with Crippen molar-refractivity contribution in [1.29, 1.82) is 0 Å². The van der Waals surface area contributed by atoms with Crippen LogP contribution in [0.3, 0.4) is 0 Å². The molecule has 5 nitrogen and oxygen atoms in total. The van der Waals surface area contributed by atoms with Crippen molar-refractivity contribution in [2.24, 2.45) is 0 Å². The molecular weight excluding hydrogens is 266 g/mol. The Balaban J connectivity index is 2.38. The summed E-state index contributed by atoms with van der Waals surface area (Å²) in [4.78, 5) is 25.6. The highest BCUT2D eigenvalue weighted by Crippen LogP contribution is 2.28. The molecule has 1 aliphatic rings. The Morgan fingerprint density at radius 3 is 2.74 bits per heavy atom. The van der Waals surface area contributed by atoms with E-state index in [1.807, 2.05) is 0 Å². The first-order chi connectivity index (χ1) is 8.99. The van der Waals surface area contributed by atoms with Crippen LogP contribution in [0, 0.1) is 0 Å². The number of rotatable bonds is 3. The van der Waals surface area contributed by atoms with Crippen LogP contribution in [-0.2, 0) is 4.79 Å². The fraction of sp³-hybridized carbons (Fsp3) is 0.385. The third-order valence-corrected chi connectivity index (χ3v) is 3.13. The number of nitrogens with zero attached hydrogens (tertiary/aromatic N) is 2. The predicted octanol–water partition coefficient (Wildman–Crippen LogP) is 1.67. The number of amides is 2. The molecule has 1 N–H and O–H groups in total. The minimum Gasteiger partial charge on any atom is -0.312 e. The molecule has 0 aromatic heterocycles. The highest BCUT2D eigenvalue weighted by Gasteiger charge is 2.26. The molecule has 1 aromatic carbocycles. The van der Waals surface area contributed by atoms with Gasteiger partial charge < -0.3 is 4.90 Å². The molecule has 0 radical (unpaired) electrons. The average molecular weight is 282 g/mol. The van der Waals surface area contributed by atoms with E-state index in [9.17, 15) is 9.59 Å². The second-order valence-electron chi connectivity index (χ2n) is 4.65. The van der Waals surface area contributed by atoms with E-state index in [4.69, 9.17) is 11.6 Å². The number of benzene rings is 1. The SMILES string of the molecule is CN(C)NC(=O)c1ccc(Cl)cc1N1CCCC1=O. The van der Waals surface area contributed by atoms with Crippen LogP contribution in [0.25, 0.3) is 0 Å². The summed E-state index contributed by atoms with van der Waals surface area (Å²) in [5, 5.41) is 2.07. The van der Waals surface area contributed by atoms with Crippen molar-refractivity contribution >= 4 is 29.1 Å². The van der Waals surface area contributed by atoms with E-state index < -0.39 is 0 Å². The zero-order valence-electron chi connectivity index (χ0n) is 10.9. The van der Waals surface area contributed by atoms with Gasteiger partial charge in [-0.2, -0.15) is 0 Å². The molecule has 2 amide bonds. The number of hydrogen-bond acceptors (Lipinski definition) is 3. The number of hydrogen-bond donors (Lipinski definition) is 1. The quantitative estimate of drug-likeness (QED) is 0.858. The second kappa shape index (κ2) is 5.59. The molecule has 1 aromatic rings. The summed E-state index contributed by atoms with van der Waals surface area (Å²) < 4.78 is 0. The van der Waals surface area contributed by atoms with E-state index in [0.29, 0.717) is 29.2 Å². The number of carbonyl (C=O) groups is 2. The van der Waals surface area contributed by atoms with E-state index in [1.54, 1.807) is 42.2 Å². The summed E-state index contributed by atoms with van der Waals surface area (Å²) in [5.41, 5.74) is 3.70. The maximum atomic E-state index is 12.1. The Kier molecular flexibility index (Phi) is 4.07. The van der Waals surface area contributed by atoms with Gasteiger partial charge in [0.1, 0.15) is 0 Å². The van der Waals surface area contributed by atoms with E-state index in [1.165, 1.54) is 0 Å². The molecule has 2 rings (SSSR count). The van der Waals surface area contributed by atoms with E-state index in [2.05, 4.69) is 5.43 Å². The van der Waals surface area contributed by atoms with Gasteiger partial charge in [-0.1, -0.05) is 11.6 Å². The average Bonchev–Trinajstić information content (AvgIpc) is 2.74. The van der Waals surface area contributed by atoms with Crippen LogP contribution < -0.4 is 10.3 Å². The van der Waals surface area contributed by atoms with Gasteiger partial charge >= 0.3 is 0 Å². The molecule has 0 unspecified atom stereocenters. The van der Waals surface area contributed by atoms with Gasteiger partial charge in [-0.25, -0.2) is 5.01 Å². The zero-order valence-corrected chi connectivity index (χ0v) is 11.7. The lowest BCUT2D eigenvalue weighted by Gasteiger charge is -2.21. The summed E-state index contributed by atoms with van der Waals surface area (Å²) in [6.45, 7) is 0.626. The zero-order chi connectivity index (χ0) is 14.0. The summed E-state index contributed by atoms with van der Waals surface area (Å²) in [5.74, 6) is -0.225. The molecule has 1 saturated heterocycles. The second-order valence-corrected chi connectivity index (χ2v) is 5.08. The van der Waals surface area contributed by atoms with Crippen molar-refractivity contribution in [3.05, 3.63) is 28.8 Å². The minimum absolute atomic E-state index is 0.0289. The van der Waals surface area contributed by atoms with Crippen LogP contribution in [0.15, 0.2) is 18.2 Å². The Morgan fingerprint density at radius 2 is 2.16 bits per heavy atom. The van der Waals surface area contributed by atoms with Crippen molar-refractivity contribution in [3.63, 3.8) is 0 Å². The van der Waals surface area contributed by atoms with Crippen LogP contribution in [0.1, 0.15) is 23.2 Å². The molecule has 102 valence electrons. The van der Waals surface area contributed by atoms with Crippen LogP contribution in [0.5, 0.6) is 0 Å². The van der Waals surface area contributed by atoms with Gasteiger partial charge in [-0.05, 0) is 24.6 Å². The summed E-state index contributed by atoms with van der Waals surface area (Å²) >= 11 is 5.97. The molecule has 19 heavy (non-hydrogen) atoms. The summed E-state index contributed by atoms with van der Waals surface area (Å²) in [6, 6.07) is 4.95. The first-order valence-electron chi connectivity index (χ1n) is 6.07. The van der Waals surface area contributed by atoms with Gasteiger partial charge in [0.05, 0.1) is 11.3 Å². The number of hydrazine groups is 1. The van der Waals surface area contributed by atoms with Gasteiger partial charge in [0.2, 0.25) is 5.91 Å². The third kappa shape index (κ3) is 3.05. The molecule has 0 atom stereocenters. The van der Waals surface area contributed by atoms with Gasteiger partial charge in [0.25, 0.3) is 5.91 Å².